The third kappa shape index (κ3) is 3.19. The zero-order chi connectivity index (χ0) is 14.8. The fraction of sp³-hybridized carbons (Fsp3) is 0.533. The number of nitrogen functional groups attached to an aromatic ring is 1. The zero-order valence-corrected chi connectivity index (χ0v) is 12.8. The molecule has 0 aromatic heterocycles. The van der Waals surface area contributed by atoms with Crippen molar-refractivity contribution in [2.75, 3.05) is 31.8 Å². The van der Waals surface area contributed by atoms with E-state index in [-0.39, 0.29) is 11.4 Å². The molecule has 0 saturated heterocycles. The molecule has 0 bridgehead atoms. The van der Waals surface area contributed by atoms with Gasteiger partial charge >= 0.3 is 0 Å². The molecule has 0 aliphatic rings. The Hall–Kier alpha value is -1.71. The molecule has 106 valence electrons. The van der Waals surface area contributed by atoms with Gasteiger partial charge in [-0.15, -0.1) is 0 Å². The van der Waals surface area contributed by atoms with E-state index in [2.05, 4.69) is 25.7 Å². The van der Waals surface area contributed by atoms with Gasteiger partial charge in [-0.1, -0.05) is 6.92 Å². The summed E-state index contributed by atoms with van der Waals surface area (Å²) in [6.07, 6.45) is 0.980. The maximum Gasteiger partial charge on any atom is 0.255 e. The maximum absolute atomic E-state index is 12.3. The SMILES string of the molecule is CCC(C)(C)N(C)c1cc(N)ccc1C(=O)N(C)C. The molecule has 0 heterocycles. The van der Waals surface area contributed by atoms with Gasteiger partial charge in [-0.25, -0.2) is 0 Å². The number of rotatable bonds is 4. The fourth-order valence-corrected chi connectivity index (χ4v) is 1.81. The van der Waals surface area contributed by atoms with Gasteiger partial charge in [0.25, 0.3) is 5.91 Å². The summed E-state index contributed by atoms with van der Waals surface area (Å²) < 4.78 is 0. The summed E-state index contributed by atoms with van der Waals surface area (Å²) in [5.41, 5.74) is 8.08. The van der Waals surface area contributed by atoms with Crippen molar-refractivity contribution >= 4 is 17.3 Å². The number of nitrogens with two attached hydrogens (primary N) is 1. The van der Waals surface area contributed by atoms with Crippen molar-refractivity contribution in [2.45, 2.75) is 32.7 Å². The predicted octanol–water partition coefficient (Wildman–Crippen LogP) is 2.60. The zero-order valence-electron chi connectivity index (χ0n) is 12.8. The van der Waals surface area contributed by atoms with E-state index in [0.29, 0.717) is 11.3 Å². The summed E-state index contributed by atoms with van der Waals surface area (Å²) in [7, 11) is 5.52. The molecular formula is C15H25N3O. The lowest BCUT2D eigenvalue weighted by molar-refractivity contribution is 0.0828. The highest BCUT2D eigenvalue weighted by Gasteiger charge is 2.25. The van der Waals surface area contributed by atoms with Crippen LogP contribution in [0.2, 0.25) is 0 Å². The van der Waals surface area contributed by atoms with Gasteiger partial charge in [0.15, 0.2) is 0 Å². The first-order valence-electron chi connectivity index (χ1n) is 6.55. The number of nitrogens with zero attached hydrogens (tertiary/aromatic N) is 2. The number of anilines is 2. The highest BCUT2D eigenvalue weighted by atomic mass is 16.2. The molecule has 2 N–H and O–H groups in total. The van der Waals surface area contributed by atoms with E-state index in [1.807, 2.05) is 13.1 Å². The Kier molecular flexibility index (Phi) is 4.45. The van der Waals surface area contributed by atoms with Crippen LogP contribution in [0.3, 0.4) is 0 Å². The smallest absolute Gasteiger partial charge is 0.255 e. The molecule has 1 aromatic rings. The summed E-state index contributed by atoms with van der Waals surface area (Å²) in [5, 5.41) is 0. The normalized spacial score (nSPS) is 11.3. The van der Waals surface area contributed by atoms with Crippen molar-refractivity contribution in [3.63, 3.8) is 0 Å². The summed E-state index contributed by atoms with van der Waals surface area (Å²) in [5.74, 6) is -0.00578. The minimum Gasteiger partial charge on any atom is -0.399 e. The first kappa shape index (κ1) is 15.3. The van der Waals surface area contributed by atoms with Crippen molar-refractivity contribution in [2.24, 2.45) is 0 Å². The van der Waals surface area contributed by atoms with Gasteiger partial charge in [-0.2, -0.15) is 0 Å². The third-order valence-corrected chi connectivity index (χ3v) is 3.79. The number of carbonyl (C=O) groups is 1. The van der Waals surface area contributed by atoms with Crippen molar-refractivity contribution in [3.05, 3.63) is 23.8 Å². The van der Waals surface area contributed by atoms with Crippen molar-refractivity contribution in [3.8, 4) is 0 Å². The topological polar surface area (TPSA) is 49.6 Å². The molecule has 0 aliphatic heterocycles. The van der Waals surface area contributed by atoms with E-state index in [1.165, 1.54) is 0 Å². The van der Waals surface area contributed by atoms with Gasteiger partial charge in [-0.3, -0.25) is 4.79 Å². The van der Waals surface area contributed by atoms with E-state index in [9.17, 15) is 4.79 Å². The number of hydrogen-bond acceptors (Lipinski definition) is 3. The standard InChI is InChI=1S/C15H25N3O/c1-7-15(2,3)18(6)13-10-11(16)8-9-12(13)14(19)17(4)5/h8-10H,7,16H2,1-6H3. The van der Waals surface area contributed by atoms with Gasteiger partial charge in [-0.05, 0) is 38.5 Å². The monoisotopic (exact) mass is 263 g/mol. The van der Waals surface area contributed by atoms with Crippen LogP contribution in [0, 0.1) is 0 Å². The van der Waals surface area contributed by atoms with Gasteiger partial charge in [0.1, 0.15) is 0 Å². The van der Waals surface area contributed by atoms with E-state index in [4.69, 9.17) is 5.73 Å². The Bertz CT molecular complexity index is 466. The minimum absolute atomic E-state index is 0.00578. The molecule has 0 saturated carbocycles. The van der Waals surface area contributed by atoms with Crippen molar-refractivity contribution in [1.82, 2.24) is 4.90 Å². The lowest BCUT2D eigenvalue weighted by Crippen LogP contribution is -2.41. The minimum atomic E-state index is -0.0326. The number of benzene rings is 1. The van der Waals surface area contributed by atoms with E-state index in [1.54, 1.807) is 31.1 Å². The molecule has 0 aliphatic carbocycles. The second-order valence-corrected chi connectivity index (χ2v) is 5.70. The second-order valence-electron chi connectivity index (χ2n) is 5.70. The van der Waals surface area contributed by atoms with Gasteiger partial charge < -0.3 is 15.5 Å². The Balaban J connectivity index is 3.33. The maximum atomic E-state index is 12.3. The van der Waals surface area contributed by atoms with Crippen LogP contribution < -0.4 is 10.6 Å². The molecule has 1 aromatic carbocycles. The van der Waals surface area contributed by atoms with Crippen molar-refractivity contribution < 1.29 is 4.79 Å². The van der Waals surface area contributed by atoms with Crippen LogP contribution in [0.5, 0.6) is 0 Å². The van der Waals surface area contributed by atoms with Crippen LogP contribution in [-0.4, -0.2) is 37.5 Å². The third-order valence-electron chi connectivity index (χ3n) is 3.79. The lowest BCUT2D eigenvalue weighted by atomic mass is 9.97. The average molecular weight is 263 g/mol. The molecule has 0 radical (unpaired) electrons. The molecule has 0 spiro atoms. The van der Waals surface area contributed by atoms with E-state index < -0.39 is 0 Å². The van der Waals surface area contributed by atoms with Crippen LogP contribution in [0.1, 0.15) is 37.6 Å². The van der Waals surface area contributed by atoms with Crippen LogP contribution in [0.15, 0.2) is 18.2 Å². The Morgan fingerprint density at radius 1 is 1.26 bits per heavy atom. The van der Waals surface area contributed by atoms with Crippen LogP contribution in [0.4, 0.5) is 11.4 Å². The highest BCUT2D eigenvalue weighted by Crippen LogP contribution is 2.30. The molecule has 4 nitrogen and oxygen atoms in total. The summed E-state index contributed by atoms with van der Waals surface area (Å²) in [4.78, 5) is 16.0. The highest BCUT2D eigenvalue weighted by molar-refractivity contribution is 6.00. The molecule has 0 atom stereocenters. The first-order chi connectivity index (χ1) is 8.70. The van der Waals surface area contributed by atoms with E-state index in [0.717, 1.165) is 12.1 Å². The fourth-order valence-electron chi connectivity index (χ4n) is 1.81. The van der Waals surface area contributed by atoms with Gasteiger partial charge in [0.05, 0.1) is 11.3 Å². The average Bonchev–Trinajstić information content (AvgIpc) is 2.36. The second kappa shape index (κ2) is 5.51. The molecule has 1 rings (SSSR count). The number of hydrogen-bond donors (Lipinski definition) is 1. The quantitative estimate of drug-likeness (QED) is 0.849. The van der Waals surface area contributed by atoms with E-state index >= 15 is 0 Å². The molecule has 4 heteroatoms. The summed E-state index contributed by atoms with van der Waals surface area (Å²) >= 11 is 0. The van der Waals surface area contributed by atoms with Gasteiger partial charge in [0, 0.05) is 32.4 Å². The lowest BCUT2D eigenvalue weighted by Gasteiger charge is -2.38. The Morgan fingerprint density at radius 3 is 2.32 bits per heavy atom. The number of amides is 1. The number of carbonyl (C=O) groups excluding carboxylic acids is 1. The Labute approximate surface area is 116 Å². The summed E-state index contributed by atoms with van der Waals surface area (Å²) in [6.45, 7) is 6.44. The largest absolute Gasteiger partial charge is 0.399 e. The molecule has 0 fully saturated rings. The van der Waals surface area contributed by atoms with Crippen molar-refractivity contribution in [1.29, 1.82) is 0 Å². The van der Waals surface area contributed by atoms with Gasteiger partial charge in [0.2, 0.25) is 0 Å². The predicted molar refractivity (Wildman–Crippen MR) is 81.6 cm³/mol. The first-order valence-corrected chi connectivity index (χ1v) is 6.55. The van der Waals surface area contributed by atoms with Crippen LogP contribution in [-0.2, 0) is 0 Å². The van der Waals surface area contributed by atoms with Crippen LogP contribution >= 0.6 is 0 Å². The molecule has 0 unspecified atom stereocenters. The van der Waals surface area contributed by atoms with Crippen LogP contribution in [0.25, 0.3) is 0 Å². The molecule has 1 amide bonds. The Morgan fingerprint density at radius 2 is 1.84 bits per heavy atom. The molecular weight excluding hydrogens is 238 g/mol. The summed E-state index contributed by atoms with van der Waals surface area (Å²) in [6, 6.07) is 5.44. The molecule has 19 heavy (non-hydrogen) atoms.